The van der Waals surface area contributed by atoms with Gasteiger partial charge in [-0.25, -0.2) is 4.39 Å². The molecule has 1 saturated heterocycles. The molecule has 1 fully saturated rings. The van der Waals surface area contributed by atoms with Crippen LogP contribution in [0.5, 0.6) is 0 Å². The highest BCUT2D eigenvalue weighted by Gasteiger charge is 2.28. The average molecular weight is 387 g/mol. The summed E-state index contributed by atoms with van der Waals surface area (Å²) in [6, 6.07) is 6.22. The Kier molecular flexibility index (Phi) is 6.43. The first-order valence-corrected chi connectivity index (χ1v) is 8.30. The fraction of sp³-hybridized carbons (Fsp3) is 0.412. The number of nitrogens with one attached hydrogen (secondary N) is 1. The van der Waals surface area contributed by atoms with E-state index in [4.69, 9.17) is 11.6 Å². The number of carbonyl (C=O) groups is 1. The third-order valence-corrected chi connectivity index (χ3v) is 4.92. The first kappa shape index (κ1) is 19.7. The maximum absolute atomic E-state index is 13.5. The summed E-state index contributed by atoms with van der Waals surface area (Å²) in [6.07, 6.45) is 0. The van der Waals surface area contributed by atoms with Crippen molar-refractivity contribution < 1.29 is 9.18 Å². The number of hydrogen-bond acceptors (Lipinski definition) is 3. The summed E-state index contributed by atoms with van der Waals surface area (Å²) in [5.74, 6) is -0.344. The second kappa shape index (κ2) is 8.17. The van der Waals surface area contributed by atoms with Gasteiger partial charge in [-0.15, -0.1) is 12.4 Å². The summed E-state index contributed by atoms with van der Waals surface area (Å²) >= 11 is 6.15. The minimum Gasteiger partial charge on any atom is -0.331 e. The van der Waals surface area contributed by atoms with Gasteiger partial charge in [0.2, 0.25) is 5.91 Å². The lowest BCUT2D eigenvalue weighted by Crippen LogP contribution is -2.49. The molecule has 3 rings (SSSR count). The lowest BCUT2D eigenvalue weighted by molar-refractivity contribution is -0.135. The van der Waals surface area contributed by atoms with Crippen molar-refractivity contribution in [3.63, 3.8) is 0 Å². The van der Waals surface area contributed by atoms with Crippen LogP contribution < -0.4 is 5.32 Å². The van der Waals surface area contributed by atoms with E-state index in [1.165, 1.54) is 12.1 Å². The van der Waals surface area contributed by atoms with Gasteiger partial charge in [0.1, 0.15) is 12.4 Å². The molecule has 1 amide bonds. The van der Waals surface area contributed by atoms with Gasteiger partial charge in [0.25, 0.3) is 0 Å². The Morgan fingerprint density at radius 3 is 2.84 bits per heavy atom. The number of piperazine rings is 1. The van der Waals surface area contributed by atoms with Crippen molar-refractivity contribution in [1.29, 1.82) is 0 Å². The summed E-state index contributed by atoms with van der Waals surface area (Å²) in [6.45, 7) is 5.69. The minimum atomic E-state index is -0.296. The van der Waals surface area contributed by atoms with E-state index in [1.54, 1.807) is 15.6 Å². The van der Waals surface area contributed by atoms with Crippen LogP contribution in [0.3, 0.4) is 0 Å². The maximum Gasteiger partial charge on any atom is 0.244 e. The van der Waals surface area contributed by atoms with E-state index in [2.05, 4.69) is 10.4 Å². The Morgan fingerprint density at radius 2 is 2.20 bits per heavy atom. The molecular weight excluding hydrogens is 366 g/mol. The van der Waals surface area contributed by atoms with Crippen molar-refractivity contribution >= 4 is 29.9 Å². The van der Waals surface area contributed by atoms with Crippen LogP contribution in [0, 0.1) is 19.7 Å². The van der Waals surface area contributed by atoms with E-state index in [-0.39, 0.29) is 36.7 Å². The molecule has 8 heteroatoms. The van der Waals surface area contributed by atoms with Crippen LogP contribution in [0.4, 0.5) is 4.39 Å². The van der Waals surface area contributed by atoms with E-state index in [9.17, 15) is 9.18 Å². The van der Waals surface area contributed by atoms with E-state index in [1.807, 2.05) is 19.9 Å². The van der Waals surface area contributed by atoms with E-state index < -0.39 is 0 Å². The van der Waals surface area contributed by atoms with Gasteiger partial charge in [-0.05, 0) is 31.5 Å². The van der Waals surface area contributed by atoms with Crippen molar-refractivity contribution in [3.05, 3.63) is 52.1 Å². The van der Waals surface area contributed by atoms with Crippen LogP contribution in [0.25, 0.3) is 0 Å². The predicted octanol–water partition coefficient (Wildman–Crippen LogP) is 2.89. The number of carbonyl (C=O) groups excluding carboxylic acids is 1. The summed E-state index contributed by atoms with van der Waals surface area (Å²) in [7, 11) is 0. The molecule has 0 aliphatic carbocycles. The monoisotopic (exact) mass is 386 g/mol. The molecular formula is C17H21Cl2FN4O. The van der Waals surface area contributed by atoms with E-state index in [0.717, 1.165) is 17.8 Å². The van der Waals surface area contributed by atoms with Gasteiger partial charge in [-0.2, -0.15) is 5.10 Å². The van der Waals surface area contributed by atoms with Gasteiger partial charge < -0.3 is 10.2 Å². The molecule has 136 valence electrons. The number of nitrogens with zero attached hydrogens (tertiary/aromatic N) is 3. The van der Waals surface area contributed by atoms with Crippen LogP contribution in [-0.2, 0) is 11.3 Å². The Morgan fingerprint density at radius 1 is 1.44 bits per heavy atom. The van der Waals surface area contributed by atoms with Crippen LogP contribution in [0.15, 0.2) is 24.3 Å². The van der Waals surface area contributed by atoms with Gasteiger partial charge in [0, 0.05) is 19.6 Å². The Labute approximate surface area is 157 Å². The number of hydrogen-bond donors (Lipinski definition) is 1. The Bertz CT molecular complexity index is 765. The summed E-state index contributed by atoms with van der Waals surface area (Å²) in [5.41, 5.74) is 2.28. The molecule has 1 unspecified atom stereocenters. The fourth-order valence-electron chi connectivity index (χ4n) is 3.06. The van der Waals surface area contributed by atoms with Crippen molar-refractivity contribution in [2.24, 2.45) is 0 Å². The number of aromatic nitrogens is 2. The summed E-state index contributed by atoms with van der Waals surface area (Å²) in [5, 5.41) is 8.17. The molecule has 25 heavy (non-hydrogen) atoms. The first-order valence-electron chi connectivity index (χ1n) is 7.92. The molecule has 2 aromatic rings. The smallest absolute Gasteiger partial charge is 0.244 e. The van der Waals surface area contributed by atoms with Crippen molar-refractivity contribution in [3.8, 4) is 0 Å². The highest BCUT2D eigenvalue weighted by Crippen LogP contribution is 2.24. The van der Waals surface area contributed by atoms with Crippen molar-refractivity contribution in [2.75, 3.05) is 19.6 Å². The molecule has 1 aliphatic rings. The van der Waals surface area contributed by atoms with Crippen LogP contribution in [0.2, 0.25) is 5.02 Å². The highest BCUT2D eigenvalue weighted by molar-refractivity contribution is 6.31. The van der Waals surface area contributed by atoms with Gasteiger partial charge in [-0.3, -0.25) is 9.48 Å². The Hall–Kier alpha value is -1.63. The quantitative estimate of drug-likeness (QED) is 0.881. The maximum atomic E-state index is 13.5. The predicted molar refractivity (Wildman–Crippen MR) is 97.7 cm³/mol. The van der Waals surface area contributed by atoms with Crippen molar-refractivity contribution in [2.45, 2.75) is 26.4 Å². The fourth-order valence-corrected chi connectivity index (χ4v) is 3.20. The normalized spacial score (nSPS) is 17.3. The van der Waals surface area contributed by atoms with Gasteiger partial charge in [0.15, 0.2) is 0 Å². The molecule has 0 spiro atoms. The largest absolute Gasteiger partial charge is 0.331 e. The van der Waals surface area contributed by atoms with Crippen molar-refractivity contribution in [1.82, 2.24) is 20.0 Å². The third kappa shape index (κ3) is 4.14. The third-order valence-electron chi connectivity index (χ3n) is 4.38. The molecule has 5 nitrogen and oxygen atoms in total. The summed E-state index contributed by atoms with van der Waals surface area (Å²) < 4.78 is 15.2. The molecule has 2 heterocycles. The van der Waals surface area contributed by atoms with Gasteiger partial charge in [-0.1, -0.05) is 23.7 Å². The molecule has 0 bridgehead atoms. The molecule has 1 N–H and O–H groups in total. The molecule has 1 aliphatic heterocycles. The van der Waals surface area contributed by atoms with Crippen LogP contribution in [-0.4, -0.2) is 40.2 Å². The Balaban J connectivity index is 0.00000225. The molecule has 0 radical (unpaired) electrons. The highest BCUT2D eigenvalue weighted by atomic mass is 35.5. The topological polar surface area (TPSA) is 50.2 Å². The zero-order valence-corrected chi connectivity index (χ0v) is 15.7. The number of halogens is 3. The number of amides is 1. The number of rotatable bonds is 3. The van der Waals surface area contributed by atoms with E-state index >= 15 is 0 Å². The second-order valence-corrected chi connectivity index (χ2v) is 6.38. The van der Waals surface area contributed by atoms with Crippen LogP contribution in [0.1, 0.15) is 23.0 Å². The molecule has 1 aromatic carbocycles. The molecule has 1 atom stereocenters. The zero-order chi connectivity index (χ0) is 17.3. The average Bonchev–Trinajstić information content (AvgIpc) is 2.82. The van der Waals surface area contributed by atoms with E-state index in [0.29, 0.717) is 23.8 Å². The zero-order valence-electron chi connectivity index (χ0n) is 14.1. The standard InChI is InChI=1S/C17H20ClFN4O.ClH/c1-11-17(18)12(2)23(21-11)10-16(24)22-7-6-20-9-15(22)13-4-3-5-14(19)8-13;/h3-5,8,15,20H,6-7,9-10H2,1-2H3;1H. The lowest BCUT2D eigenvalue weighted by atomic mass is 10.0. The van der Waals surface area contributed by atoms with Gasteiger partial charge >= 0.3 is 0 Å². The SMILES string of the molecule is Cc1nn(CC(=O)N2CCNCC2c2cccc(F)c2)c(C)c1Cl.Cl. The summed E-state index contributed by atoms with van der Waals surface area (Å²) in [4.78, 5) is 14.6. The minimum absolute atomic E-state index is 0. The molecule has 1 aromatic heterocycles. The van der Waals surface area contributed by atoms with Crippen LogP contribution >= 0.6 is 24.0 Å². The lowest BCUT2D eigenvalue weighted by Gasteiger charge is -2.36. The second-order valence-electron chi connectivity index (χ2n) is 6.00. The molecule has 0 saturated carbocycles. The first-order chi connectivity index (χ1) is 11.5. The number of benzene rings is 1. The van der Waals surface area contributed by atoms with Gasteiger partial charge in [0.05, 0.1) is 22.5 Å². The number of aryl methyl sites for hydroxylation is 1.